The molecule has 0 spiro atoms. The van der Waals surface area contributed by atoms with E-state index in [1.165, 1.54) is 12.1 Å². The number of benzene rings is 1. The third-order valence-corrected chi connectivity index (χ3v) is 7.16. The maximum atomic E-state index is 13.6. The smallest absolute Gasteiger partial charge is 0.228 e. The van der Waals surface area contributed by atoms with Crippen molar-refractivity contribution in [2.75, 3.05) is 40.9 Å². The monoisotopic (exact) mass is 476 g/mol. The van der Waals surface area contributed by atoms with Crippen molar-refractivity contribution in [1.82, 2.24) is 15.0 Å². The molecule has 0 radical (unpaired) electrons. The molecule has 184 valence electrons. The Morgan fingerprint density at radius 3 is 2.46 bits per heavy atom. The number of aryl methyl sites for hydroxylation is 1. The second-order valence-electron chi connectivity index (χ2n) is 9.73. The van der Waals surface area contributed by atoms with Crippen LogP contribution in [0, 0.1) is 12.7 Å². The minimum atomic E-state index is -0.253. The van der Waals surface area contributed by atoms with Crippen molar-refractivity contribution in [3.8, 4) is 11.3 Å². The van der Waals surface area contributed by atoms with Gasteiger partial charge in [-0.2, -0.15) is 4.98 Å². The first-order valence-corrected chi connectivity index (χ1v) is 12.4. The van der Waals surface area contributed by atoms with Crippen molar-refractivity contribution >= 4 is 17.6 Å². The van der Waals surface area contributed by atoms with Gasteiger partial charge in [0.15, 0.2) is 0 Å². The zero-order chi connectivity index (χ0) is 24.5. The first kappa shape index (κ1) is 23.5. The summed E-state index contributed by atoms with van der Waals surface area (Å²) in [5.41, 5.74) is 3.60. The number of rotatable bonds is 5. The maximum absolute atomic E-state index is 13.6. The van der Waals surface area contributed by atoms with E-state index in [2.05, 4.69) is 33.5 Å². The van der Waals surface area contributed by atoms with Gasteiger partial charge < -0.3 is 19.8 Å². The fourth-order valence-electron chi connectivity index (χ4n) is 5.23. The molecule has 2 aromatic heterocycles. The largest absolute Gasteiger partial charge is 0.392 e. The first-order chi connectivity index (χ1) is 16.9. The molecule has 1 N–H and O–H groups in total. The molecular weight excluding hydrogens is 443 g/mol. The lowest BCUT2D eigenvalue weighted by atomic mass is 10.1. The van der Waals surface area contributed by atoms with E-state index < -0.39 is 0 Å². The van der Waals surface area contributed by atoms with Gasteiger partial charge in [0.2, 0.25) is 5.95 Å². The number of pyridine rings is 1. The van der Waals surface area contributed by atoms with Crippen LogP contribution in [0.4, 0.5) is 22.0 Å². The standard InChI is InChI=1S/C27H33FN6O/c1-18-13-21(17-35)15-29-26(18)32-11-12-33(20(3)16-32)25-14-24(22-6-8-23(28)9-7-22)30-27(31-25)34-10-4-5-19(34)2/h6-9,13-15,19-20,35H,4-5,10-12,16-17H2,1-3H3. The molecule has 5 rings (SSSR count). The van der Waals surface area contributed by atoms with Gasteiger partial charge in [0.1, 0.15) is 17.5 Å². The summed E-state index contributed by atoms with van der Waals surface area (Å²) in [7, 11) is 0. The summed E-state index contributed by atoms with van der Waals surface area (Å²) in [5.74, 6) is 2.37. The lowest BCUT2D eigenvalue weighted by Crippen LogP contribution is -2.53. The Labute approximate surface area is 206 Å². The number of hydrogen-bond donors (Lipinski definition) is 1. The first-order valence-electron chi connectivity index (χ1n) is 12.4. The molecule has 2 aliphatic heterocycles. The highest BCUT2D eigenvalue weighted by Crippen LogP contribution is 2.31. The molecule has 8 heteroatoms. The van der Waals surface area contributed by atoms with Crippen LogP contribution in [0.3, 0.4) is 0 Å². The Hall–Kier alpha value is -3.26. The van der Waals surface area contributed by atoms with E-state index >= 15 is 0 Å². The SMILES string of the molecule is Cc1cc(CO)cnc1N1CCN(c2cc(-c3ccc(F)cc3)nc(N3CCCC3C)n2)C(C)C1. The van der Waals surface area contributed by atoms with E-state index in [-0.39, 0.29) is 18.5 Å². The molecule has 0 bridgehead atoms. The highest BCUT2D eigenvalue weighted by Gasteiger charge is 2.29. The molecule has 2 atom stereocenters. The molecule has 7 nitrogen and oxygen atoms in total. The van der Waals surface area contributed by atoms with Crippen LogP contribution in [0.25, 0.3) is 11.3 Å². The van der Waals surface area contributed by atoms with Gasteiger partial charge in [0.05, 0.1) is 12.3 Å². The third-order valence-electron chi connectivity index (χ3n) is 7.16. The van der Waals surface area contributed by atoms with Gasteiger partial charge in [-0.3, -0.25) is 0 Å². The summed E-state index contributed by atoms with van der Waals surface area (Å²) < 4.78 is 13.6. The average molecular weight is 477 g/mol. The number of hydrogen-bond acceptors (Lipinski definition) is 7. The molecule has 2 saturated heterocycles. The van der Waals surface area contributed by atoms with Crippen molar-refractivity contribution in [2.45, 2.75) is 52.3 Å². The fraction of sp³-hybridized carbons (Fsp3) is 0.444. The van der Waals surface area contributed by atoms with Gasteiger partial charge in [-0.05, 0) is 75.1 Å². The number of aliphatic hydroxyl groups excluding tert-OH is 1. The van der Waals surface area contributed by atoms with Crippen LogP contribution >= 0.6 is 0 Å². The molecule has 3 aromatic rings. The van der Waals surface area contributed by atoms with Crippen molar-refractivity contribution in [3.63, 3.8) is 0 Å². The fourth-order valence-corrected chi connectivity index (χ4v) is 5.23. The molecular formula is C27H33FN6O. The Kier molecular flexibility index (Phi) is 6.56. The lowest BCUT2D eigenvalue weighted by molar-refractivity contribution is 0.281. The second-order valence-corrected chi connectivity index (χ2v) is 9.73. The molecule has 0 aliphatic carbocycles. The van der Waals surface area contributed by atoms with E-state index in [0.29, 0.717) is 6.04 Å². The molecule has 1 aromatic carbocycles. The van der Waals surface area contributed by atoms with Gasteiger partial charge in [0.25, 0.3) is 0 Å². The minimum absolute atomic E-state index is 0.000367. The summed E-state index contributed by atoms with van der Waals surface area (Å²) in [5, 5.41) is 9.41. The summed E-state index contributed by atoms with van der Waals surface area (Å²) in [4.78, 5) is 21.5. The van der Waals surface area contributed by atoms with Crippen LogP contribution in [0.15, 0.2) is 42.6 Å². The number of halogens is 1. The lowest BCUT2D eigenvalue weighted by Gasteiger charge is -2.41. The second kappa shape index (κ2) is 9.77. The van der Waals surface area contributed by atoms with Crippen molar-refractivity contribution < 1.29 is 9.50 Å². The van der Waals surface area contributed by atoms with E-state index in [1.807, 2.05) is 19.1 Å². The van der Waals surface area contributed by atoms with Gasteiger partial charge in [-0.15, -0.1) is 0 Å². The van der Waals surface area contributed by atoms with Crippen LogP contribution in [-0.2, 0) is 6.61 Å². The molecule has 0 saturated carbocycles. The van der Waals surface area contributed by atoms with Gasteiger partial charge in [-0.1, -0.05) is 0 Å². The normalized spacial score (nSPS) is 20.5. The van der Waals surface area contributed by atoms with Gasteiger partial charge >= 0.3 is 0 Å². The van der Waals surface area contributed by atoms with Crippen molar-refractivity contribution in [3.05, 3.63) is 59.5 Å². The molecule has 2 unspecified atom stereocenters. The van der Waals surface area contributed by atoms with Crippen LogP contribution in [0.5, 0.6) is 0 Å². The Morgan fingerprint density at radius 1 is 1.00 bits per heavy atom. The highest BCUT2D eigenvalue weighted by molar-refractivity contribution is 5.66. The molecule has 4 heterocycles. The Morgan fingerprint density at radius 2 is 1.80 bits per heavy atom. The van der Waals surface area contributed by atoms with Gasteiger partial charge in [-0.25, -0.2) is 14.4 Å². The van der Waals surface area contributed by atoms with Crippen molar-refractivity contribution in [1.29, 1.82) is 0 Å². The van der Waals surface area contributed by atoms with Crippen molar-refractivity contribution in [2.24, 2.45) is 0 Å². The highest BCUT2D eigenvalue weighted by atomic mass is 19.1. The minimum Gasteiger partial charge on any atom is -0.392 e. The zero-order valence-corrected chi connectivity index (χ0v) is 20.7. The maximum Gasteiger partial charge on any atom is 0.228 e. The van der Waals surface area contributed by atoms with E-state index in [0.717, 1.165) is 79.0 Å². The van der Waals surface area contributed by atoms with Crippen LogP contribution in [0.2, 0.25) is 0 Å². The summed E-state index contributed by atoms with van der Waals surface area (Å²) >= 11 is 0. The molecule has 2 aliphatic rings. The van der Waals surface area contributed by atoms with Crippen LogP contribution in [-0.4, -0.2) is 58.3 Å². The Balaban J connectivity index is 1.44. The molecule has 2 fully saturated rings. The van der Waals surface area contributed by atoms with E-state index in [1.54, 1.807) is 18.3 Å². The van der Waals surface area contributed by atoms with Crippen LogP contribution < -0.4 is 14.7 Å². The summed E-state index contributed by atoms with van der Waals surface area (Å²) in [6.07, 6.45) is 4.02. The topological polar surface area (TPSA) is 68.6 Å². The number of aromatic nitrogens is 3. The predicted molar refractivity (Wildman–Crippen MR) is 137 cm³/mol. The number of nitrogens with zero attached hydrogens (tertiary/aromatic N) is 6. The third kappa shape index (κ3) is 4.80. The summed E-state index contributed by atoms with van der Waals surface area (Å²) in [6.45, 7) is 9.87. The predicted octanol–water partition coefficient (Wildman–Crippen LogP) is 4.18. The van der Waals surface area contributed by atoms with Crippen LogP contribution in [0.1, 0.15) is 37.8 Å². The quantitative estimate of drug-likeness (QED) is 0.592. The number of aliphatic hydroxyl groups is 1. The molecule has 35 heavy (non-hydrogen) atoms. The number of anilines is 3. The summed E-state index contributed by atoms with van der Waals surface area (Å²) in [6, 6.07) is 11.2. The molecule has 0 amide bonds. The zero-order valence-electron chi connectivity index (χ0n) is 20.7. The van der Waals surface area contributed by atoms with E-state index in [4.69, 9.17) is 9.97 Å². The van der Waals surface area contributed by atoms with Gasteiger partial charge in [0, 0.05) is 56.1 Å². The average Bonchev–Trinajstić information content (AvgIpc) is 3.30. The number of piperazine rings is 1. The Bertz CT molecular complexity index is 1190. The van der Waals surface area contributed by atoms with E-state index in [9.17, 15) is 9.50 Å².